The van der Waals surface area contributed by atoms with Crippen molar-refractivity contribution in [1.82, 2.24) is 0 Å². The van der Waals surface area contributed by atoms with Gasteiger partial charge in [0.05, 0.1) is 0 Å². The maximum atomic E-state index is 12.9. The maximum Gasteiger partial charge on any atom is 0.306 e. The zero-order chi connectivity index (χ0) is 59.2. The highest BCUT2D eigenvalue weighted by Crippen LogP contribution is 2.19. The molecule has 0 fully saturated rings. The van der Waals surface area contributed by atoms with Crippen molar-refractivity contribution in [3.8, 4) is 0 Å². The van der Waals surface area contributed by atoms with Crippen LogP contribution in [0, 0.1) is 0 Å². The van der Waals surface area contributed by atoms with Crippen molar-refractivity contribution in [2.45, 2.75) is 406 Å². The molecule has 0 aromatic carbocycles. The van der Waals surface area contributed by atoms with Crippen LogP contribution in [0.2, 0.25) is 0 Å². The quantitative estimate of drug-likeness (QED) is 0.0261. The molecule has 0 radical (unpaired) electrons. The number of esters is 3. The van der Waals surface area contributed by atoms with Crippen LogP contribution in [-0.2, 0) is 28.6 Å². The molecule has 1 atom stereocenters. The highest BCUT2D eigenvalue weighted by atomic mass is 16.6. The summed E-state index contributed by atoms with van der Waals surface area (Å²) in [5.41, 5.74) is 0. The van der Waals surface area contributed by atoms with Gasteiger partial charge in [0.15, 0.2) is 6.10 Å². The minimum atomic E-state index is -0.783. The summed E-state index contributed by atoms with van der Waals surface area (Å²) in [4.78, 5) is 38.4. The molecule has 6 heteroatoms. The average Bonchev–Trinajstić information content (AvgIpc) is 3.47. The molecule has 0 heterocycles. The Bertz CT molecular complexity index is 1410. The number of hydrogen-bond donors (Lipinski definition) is 0. The van der Waals surface area contributed by atoms with Gasteiger partial charge in [0.2, 0.25) is 0 Å². The van der Waals surface area contributed by atoms with Crippen LogP contribution in [0.3, 0.4) is 0 Å². The molecule has 480 valence electrons. The second-order valence-electron chi connectivity index (χ2n) is 24.8. The minimum Gasteiger partial charge on any atom is -0.462 e. The van der Waals surface area contributed by atoms with E-state index in [4.69, 9.17) is 14.2 Å². The lowest BCUT2D eigenvalue weighted by atomic mass is 10.0. The Balaban J connectivity index is 4.16. The maximum absolute atomic E-state index is 12.9. The monoisotopic (exact) mass is 1150 g/mol. The van der Waals surface area contributed by atoms with Crippen LogP contribution >= 0.6 is 0 Å². The molecule has 0 rings (SSSR count). The summed E-state index contributed by atoms with van der Waals surface area (Å²) in [5.74, 6) is -0.880. The van der Waals surface area contributed by atoms with Crippen molar-refractivity contribution in [2.75, 3.05) is 13.2 Å². The van der Waals surface area contributed by atoms with E-state index in [0.29, 0.717) is 19.3 Å². The molecule has 0 saturated heterocycles. The van der Waals surface area contributed by atoms with Gasteiger partial charge in [0, 0.05) is 19.3 Å². The predicted octanol–water partition coefficient (Wildman–Crippen LogP) is 25.3. The Hall–Kier alpha value is -2.63. The first kappa shape index (κ1) is 79.4. The van der Waals surface area contributed by atoms with Gasteiger partial charge in [-0.2, -0.15) is 0 Å². The third-order valence-corrected chi connectivity index (χ3v) is 16.6. The first-order chi connectivity index (χ1) is 40.5. The molecule has 0 saturated carbocycles. The molecule has 0 spiro atoms. The molecule has 0 aliphatic rings. The summed E-state index contributed by atoms with van der Waals surface area (Å²) in [7, 11) is 0. The molecule has 0 aromatic heterocycles. The third kappa shape index (κ3) is 68.2. The first-order valence-corrected chi connectivity index (χ1v) is 36.6. The second-order valence-corrected chi connectivity index (χ2v) is 24.8. The van der Waals surface area contributed by atoms with E-state index in [9.17, 15) is 14.4 Å². The van der Waals surface area contributed by atoms with Crippen molar-refractivity contribution in [3.63, 3.8) is 0 Å². The molecule has 6 nitrogen and oxygen atoms in total. The normalized spacial score (nSPS) is 12.3. The van der Waals surface area contributed by atoms with Gasteiger partial charge < -0.3 is 14.2 Å². The smallest absolute Gasteiger partial charge is 0.306 e. The van der Waals surface area contributed by atoms with Gasteiger partial charge in [-0.1, -0.05) is 352 Å². The van der Waals surface area contributed by atoms with E-state index in [1.54, 1.807) is 0 Å². The summed E-state index contributed by atoms with van der Waals surface area (Å²) in [6, 6.07) is 0. The molecule has 0 N–H and O–H groups in total. The topological polar surface area (TPSA) is 78.9 Å². The number of carbonyl (C=O) groups is 3. The third-order valence-electron chi connectivity index (χ3n) is 16.6. The van der Waals surface area contributed by atoms with Crippen LogP contribution in [0.4, 0.5) is 0 Å². The zero-order valence-corrected chi connectivity index (χ0v) is 55.3. The summed E-state index contributed by atoms with van der Waals surface area (Å²) < 4.78 is 17.0. The van der Waals surface area contributed by atoms with E-state index in [-0.39, 0.29) is 31.1 Å². The fourth-order valence-electron chi connectivity index (χ4n) is 11.1. The van der Waals surface area contributed by atoms with Crippen molar-refractivity contribution in [2.24, 2.45) is 0 Å². The number of allylic oxidation sites excluding steroid dienone is 8. The van der Waals surface area contributed by atoms with Crippen molar-refractivity contribution in [1.29, 1.82) is 0 Å². The summed E-state index contributed by atoms with van der Waals surface area (Å²) >= 11 is 0. The Morgan fingerprint density at radius 3 is 0.768 bits per heavy atom. The highest BCUT2D eigenvalue weighted by molar-refractivity contribution is 5.71. The van der Waals surface area contributed by atoms with Crippen molar-refractivity contribution in [3.05, 3.63) is 48.6 Å². The number of carbonyl (C=O) groups excluding carboxylic acids is 3. The van der Waals surface area contributed by atoms with Gasteiger partial charge >= 0.3 is 17.9 Å². The average molecular weight is 1150 g/mol. The molecule has 0 amide bonds. The fourth-order valence-corrected chi connectivity index (χ4v) is 11.1. The molecule has 0 bridgehead atoms. The lowest BCUT2D eigenvalue weighted by Crippen LogP contribution is -2.30. The largest absolute Gasteiger partial charge is 0.462 e. The molecule has 0 aliphatic heterocycles. The zero-order valence-electron chi connectivity index (χ0n) is 55.3. The van der Waals surface area contributed by atoms with Crippen molar-refractivity contribution >= 4 is 17.9 Å². The summed E-state index contributed by atoms with van der Waals surface area (Å²) in [6.07, 6.45) is 90.3. The Morgan fingerprint density at radius 2 is 0.476 bits per heavy atom. The predicted molar refractivity (Wildman–Crippen MR) is 358 cm³/mol. The second kappa shape index (κ2) is 70.9. The van der Waals surface area contributed by atoms with E-state index in [1.165, 1.54) is 276 Å². The van der Waals surface area contributed by atoms with Crippen LogP contribution < -0.4 is 0 Å². The molecule has 1 unspecified atom stereocenters. The van der Waals surface area contributed by atoms with E-state index < -0.39 is 6.10 Å². The van der Waals surface area contributed by atoms with Crippen LogP contribution in [0.1, 0.15) is 400 Å². The van der Waals surface area contributed by atoms with Gasteiger partial charge in [-0.25, -0.2) is 0 Å². The lowest BCUT2D eigenvalue weighted by molar-refractivity contribution is -0.167. The SMILES string of the molecule is CC/C=C\C/C=C\C/C=C\CCCCCC(=O)OCC(COC(=O)CCCCCCCCCCCCCCCCCCCCC/C=C\CCCCCCCCCC)OC(=O)CCCCCCCCCCCCCCCCCCCCCC. The summed E-state index contributed by atoms with van der Waals surface area (Å²) in [5, 5.41) is 0. The lowest BCUT2D eigenvalue weighted by Gasteiger charge is -2.18. The Morgan fingerprint density at radius 1 is 0.256 bits per heavy atom. The van der Waals surface area contributed by atoms with Gasteiger partial charge in [-0.15, -0.1) is 0 Å². The minimum absolute atomic E-state index is 0.0773. The Kier molecular flexibility index (Phi) is 68.6. The van der Waals surface area contributed by atoms with Gasteiger partial charge in [0.25, 0.3) is 0 Å². The number of rotatable bonds is 68. The number of ether oxygens (including phenoxy) is 3. The highest BCUT2D eigenvalue weighted by Gasteiger charge is 2.19. The van der Waals surface area contributed by atoms with Crippen molar-refractivity contribution < 1.29 is 28.6 Å². The molecule has 0 aromatic rings. The molecular weight excluding hydrogens is 1010 g/mol. The molecule has 0 aliphatic carbocycles. The number of unbranched alkanes of at least 4 members (excludes halogenated alkanes) is 49. The molecular formula is C76H140O6. The van der Waals surface area contributed by atoms with Crippen LogP contribution in [0.5, 0.6) is 0 Å². The van der Waals surface area contributed by atoms with E-state index in [2.05, 4.69) is 69.4 Å². The van der Waals surface area contributed by atoms with E-state index in [1.807, 2.05) is 0 Å². The van der Waals surface area contributed by atoms with E-state index >= 15 is 0 Å². The van der Waals surface area contributed by atoms with Crippen LogP contribution in [-0.4, -0.2) is 37.2 Å². The Labute approximate surface area is 511 Å². The standard InChI is InChI=1S/C76H140O6/c1-4-7-10-13-16-19-22-25-27-29-31-33-34-35-36-37-38-39-40-41-42-43-45-46-48-51-54-57-60-63-66-69-75(78)81-72-73(71-80-74(77)68-65-62-59-56-53-50-24-21-18-15-12-9-6-3)82-76(79)70-67-64-61-58-55-52-49-47-44-32-30-28-26-23-20-17-14-11-8-5-2/h9,12,18,21,29,31,50,53,73H,4-8,10-11,13-17,19-20,22-28,30,32-49,51-52,54-72H2,1-3H3/b12-9-,21-18-,31-29-,53-50-. The van der Waals surface area contributed by atoms with Crippen LogP contribution in [0.15, 0.2) is 48.6 Å². The summed E-state index contributed by atoms with van der Waals surface area (Å²) in [6.45, 7) is 6.57. The first-order valence-electron chi connectivity index (χ1n) is 36.6. The van der Waals surface area contributed by atoms with Gasteiger partial charge in [-0.3, -0.25) is 14.4 Å². The number of hydrogen-bond acceptors (Lipinski definition) is 6. The van der Waals surface area contributed by atoms with Gasteiger partial charge in [-0.05, 0) is 77.0 Å². The van der Waals surface area contributed by atoms with Crippen LogP contribution in [0.25, 0.3) is 0 Å². The van der Waals surface area contributed by atoms with E-state index in [0.717, 1.165) is 83.5 Å². The van der Waals surface area contributed by atoms with Gasteiger partial charge in [0.1, 0.15) is 13.2 Å². The molecule has 82 heavy (non-hydrogen) atoms. The fraction of sp³-hybridized carbons (Fsp3) is 0.855.